The molecule has 0 fully saturated rings. The van der Waals surface area contributed by atoms with Crippen LogP contribution in [0.4, 0.5) is 0 Å². The van der Waals surface area contributed by atoms with Crippen molar-refractivity contribution in [2.75, 3.05) is 0 Å². The Morgan fingerprint density at radius 1 is 1.05 bits per heavy atom. The van der Waals surface area contributed by atoms with Crippen LogP contribution in [0.25, 0.3) is 10.1 Å². The van der Waals surface area contributed by atoms with E-state index in [1.165, 1.54) is 17.5 Å². The van der Waals surface area contributed by atoms with Gasteiger partial charge in [0.05, 0.1) is 11.3 Å². The first-order chi connectivity index (χ1) is 9.74. The van der Waals surface area contributed by atoms with Crippen LogP contribution < -0.4 is 0 Å². The highest BCUT2D eigenvalue weighted by Crippen LogP contribution is 2.26. The van der Waals surface area contributed by atoms with Crippen molar-refractivity contribution in [3.8, 4) is 0 Å². The van der Waals surface area contributed by atoms with Crippen LogP contribution in [0.2, 0.25) is 0 Å². The molecule has 0 atom stereocenters. The van der Waals surface area contributed by atoms with Crippen molar-refractivity contribution in [3.63, 3.8) is 0 Å². The summed E-state index contributed by atoms with van der Waals surface area (Å²) in [6, 6.07) is 13.0. The highest BCUT2D eigenvalue weighted by atomic mass is 32.1. The molecule has 3 aromatic rings. The fourth-order valence-electron chi connectivity index (χ4n) is 1.98. The molecule has 0 spiro atoms. The van der Waals surface area contributed by atoms with Crippen molar-refractivity contribution >= 4 is 33.0 Å². The third-order valence-corrected chi connectivity index (χ3v) is 4.16. The fraction of sp³-hybridized carbons (Fsp3) is 0.0625. The normalized spacial score (nSPS) is 10.6. The first kappa shape index (κ1) is 12.7. The highest BCUT2D eigenvalue weighted by molar-refractivity contribution is 7.20. The summed E-state index contributed by atoms with van der Waals surface area (Å²) in [5.41, 5.74) is 0.474. The van der Waals surface area contributed by atoms with Crippen LogP contribution in [0.3, 0.4) is 0 Å². The first-order valence-corrected chi connectivity index (χ1v) is 7.01. The van der Waals surface area contributed by atoms with Gasteiger partial charge in [-0.05, 0) is 29.7 Å². The molecule has 0 N–H and O–H groups in total. The number of hydrogen-bond donors (Lipinski definition) is 0. The molecule has 0 bridgehead atoms. The number of hydrogen-bond acceptors (Lipinski definition) is 4. The Morgan fingerprint density at radius 3 is 2.65 bits per heavy atom. The highest BCUT2D eigenvalue weighted by Gasteiger charge is 2.15. The van der Waals surface area contributed by atoms with Crippen molar-refractivity contribution in [3.05, 3.63) is 65.3 Å². The maximum Gasteiger partial charge on any atom is 0.180 e. The monoisotopic (exact) mass is 281 g/mol. The van der Waals surface area contributed by atoms with Crippen LogP contribution >= 0.6 is 11.3 Å². The van der Waals surface area contributed by atoms with Gasteiger partial charge in [-0.1, -0.05) is 18.2 Å². The number of aromatic nitrogens is 1. The summed E-state index contributed by atoms with van der Waals surface area (Å²) >= 11 is 1.43. The van der Waals surface area contributed by atoms with Crippen LogP contribution in [0.15, 0.2) is 54.9 Å². The minimum atomic E-state index is -0.194. The van der Waals surface area contributed by atoms with E-state index in [2.05, 4.69) is 4.98 Å². The van der Waals surface area contributed by atoms with Gasteiger partial charge in [0.2, 0.25) is 0 Å². The smallest absolute Gasteiger partial charge is 0.180 e. The number of fused-ring (bicyclic) bond motifs is 1. The summed E-state index contributed by atoms with van der Waals surface area (Å²) in [6.07, 6.45) is 2.98. The number of carbonyl (C=O) groups excluding carboxylic acids is 2. The third kappa shape index (κ3) is 2.51. The maximum absolute atomic E-state index is 12.2. The van der Waals surface area contributed by atoms with E-state index in [1.807, 2.05) is 30.3 Å². The van der Waals surface area contributed by atoms with Gasteiger partial charge in [0.1, 0.15) is 0 Å². The standard InChI is InChI=1S/C16H11NO2S/c18-13(12-5-3-7-17-10-12)9-14(19)16-8-11-4-1-2-6-15(11)20-16/h1-8,10H,9H2. The third-order valence-electron chi connectivity index (χ3n) is 3.00. The van der Waals surface area contributed by atoms with Gasteiger partial charge in [0.15, 0.2) is 11.6 Å². The van der Waals surface area contributed by atoms with Gasteiger partial charge in [-0.15, -0.1) is 11.3 Å². The van der Waals surface area contributed by atoms with Crippen LogP contribution in [0.5, 0.6) is 0 Å². The van der Waals surface area contributed by atoms with Gasteiger partial charge >= 0.3 is 0 Å². The van der Waals surface area contributed by atoms with E-state index in [0.29, 0.717) is 10.4 Å². The van der Waals surface area contributed by atoms with Crippen LogP contribution in [-0.4, -0.2) is 16.6 Å². The second kappa shape index (κ2) is 5.35. The van der Waals surface area contributed by atoms with E-state index in [1.54, 1.807) is 18.3 Å². The summed E-state index contributed by atoms with van der Waals surface area (Å²) in [4.78, 5) is 28.7. The van der Waals surface area contributed by atoms with E-state index in [-0.39, 0.29) is 18.0 Å². The van der Waals surface area contributed by atoms with Crippen molar-refractivity contribution in [2.45, 2.75) is 6.42 Å². The predicted octanol–water partition coefficient (Wildman–Crippen LogP) is 3.75. The summed E-state index contributed by atoms with van der Waals surface area (Å²) in [5, 5.41) is 1.04. The minimum Gasteiger partial charge on any atom is -0.294 e. The van der Waals surface area contributed by atoms with E-state index in [4.69, 9.17) is 0 Å². The molecular formula is C16H11NO2S. The van der Waals surface area contributed by atoms with E-state index < -0.39 is 0 Å². The van der Waals surface area contributed by atoms with E-state index in [0.717, 1.165) is 10.1 Å². The van der Waals surface area contributed by atoms with Gasteiger partial charge in [0.25, 0.3) is 0 Å². The zero-order valence-electron chi connectivity index (χ0n) is 10.6. The number of thiophene rings is 1. The summed E-state index contributed by atoms with van der Waals surface area (Å²) < 4.78 is 1.06. The topological polar surface area (TPSA) is 47.0 Å². The Morgan fingerprint density at radius 2 is 1.90 bits per heavy atom. The van der Waals surface area contributed by atoms with Gasteiger partial charge in [-0.2, -0.15) is 0 Å². The molecule has 1 aromatic carbocycles. The maximum atomic E-state index is 12.2. The molecule has 98 valence electrons. The molecule has 0 unspecified atom stereocenters. The van der Waals surface area contributed by atoms with Crippen LogP contribution in [0, 0.1) is 0 Å². The summed E-state index contributed by atoms with van der Waals surface area (Å²) in [5.74, 6) is -0.333. The molecule has 0 saturated heterocycles. The van der Waals surface area contributed by atoms with Gasteiger partial charge in [-0.3, -0.25) is 14.6 Å². The number of nitrogens with zero attached hydrogens (tertiary/aromatic N) is 1. The molecule has 2 aromatic heterocycles. The van der Waals surface area contributed by atoms with Crippen molar-refractivity contribution in [1.29, 1.82) is 0 Å². The molecule has 0 radical (unpaired) electrons. The molecule has 0 aliphatic carbocycles. The van der Waals surface area contributed by atoms with Gasteiger partial charge < -0.3 is 0 Å². The molecule has 4 heteroatoms. The largest absolute Gasteiger partial charge is 0.294 e. The Kier molecular flexibility index (Phi) is 3.39. The average molecular weight is 281 g/mol. The van der Waals surface area contributed by atoms with Crippen molar-refractivity contribution < 1.29 is 9.59 Å². The Labute approximate surface area is 119 Å². The van der Waals surface area contributed by atoms with Crippen molar-refractivity contribution in [2.24, 2.45) is 0 Å². The summed E-state index contributed by atoms with van der Waals surface area (Å²) in [7, 11) is 0. The molecule has 3 nitrogen and oxygen atoms in total. The Balaban J connectivity index is 1.81. The minimum absolute atomic E-state index is 0.113. The number of benzene rings is 1. The van der Waals surface area contributed by atoms with Gasteiger partial charge in [0, 0.05) is 22.7 Å². The SMILES string of the molecule is O=C(CC(=O)c1cc2ccccc2s1)c1cccnc1. The zero-order valence-corrected chi connectivity index (χ0v) is 11.4. The molecule has 2 heterocycles. The lowest BCUT2D eigenvalue weighted by Crippen LogP contribution is -2.07. The zero-order chi connectivity index (χ0) is 13.9. The quantitative estimate of drug-likeness (QED) is 0.540. The number of carbonyl (C=O) groups is 2. The lowest BCUT2D eigenvalue weighted by molar-refractivity contribution is 0.0896. The summed E-state index contributed by atoms with van der Waals surface area (Å²) in [6.45, 7) is 0. The number of Topliss-reactive ketones (excluding diaryl/α,β-unsaturated/α-hetero) is 2. The average Bonchev–Trinajstić information content (AvgIpc) is 2.92. The number of rotatable bonds is 4. The van der Waals surface area contributed by atoms with Crippen LogP contribution in [0.1, 0.15) is 26.5 Å². The number of ketones is 2. The molecule has 0 amide bonds. The van der Waals surface area contributed by atoms with E-state index in [9.17, 15) is 9.59 Å². The Hall–Kier alpha value is -2.33. The van der Waals surface area contributed by atoms with Crippen molar-refractivity contribution in [1.82, 2.24) is 4.98 Å². The first-order valence-electron chi connectivity index (χ1n) is 6.19. The second-order valence-corrected chi connectivity index (χ2v) is 5.50. The fourth-order valence-corrected chi connectivity index (χ4v) is 2.98. The van der Waals surface area contributed by atoms with Gasteiger partial charge in [-0.25, -0.2) is 0 Å². The molecular weight excluding hydrogens is 270 g/mol. The lowest BCUT2D eigenvalue weighted by atomic mass is 10.1. The second-order valence-electron chi connectivity index (χ2n) is 4.41. The molecule has 3 rings (SSSR count). The van der Waals surface area contributed by atoms with Crippen LogP contribution in [-0.2, 0) is 0 Å². The van der Waals surface area contributed by atoms with E-state index >= 15 is 0 Å². The molecule has 0 saturated carbocycles. The molecule has 0 aliphatic heterocycles. The molecule has 0 aliphatic rings. The number of pyridine rings is 1. The predicted molar refractivity (Wildman–Crippen MR) is 79.3 cm³/mol. The Bertz CT molecular complexity index is 744. The molecule has 20 heavy (non-hydrogen) atoms. The lowest BCUT2D eigenvalue weighted by Gasteiger charge is -1.98.